The van der Waals surface area contributed by atoms with Crippen molar-refractivity contribution in [1.29, 1.82) is 0 Å². The van der Waals surface area contributed by atoms with E-state index in [1.807, 2.05) is 0 Å². The Bertz CT molecular complexity index is 849. The van der Waals surface area contributed by atoms with Gasteiger partial charge in [-0.25, -0.2) is 0 Å². The minimum absolute atomic E-state index is 0.280. The summed E-state index contributed by atoms with van der Waals surface area (Å²) in [5.74, 6) is 0. The molecule has 0 aromatic heterocycles. The van der Waals surface area contributed by atoms with E-state index in [2.05, 4.69) is 91.0 Å². The molecular weight excluding hydrogens is 368 g/mol. The minimum atomic E-state index is -0.616. The Balaban J connectivity index is 1.42. The minimum Gasteiger partial charge on any atom is -0.396 e. The molecule has 2 heteroatoms. The lowest BCUT2D eigenvalue weighted by Crippen LogP contribution is -2.63. The van der Waals surface area contributed by atoms with Gasteiger partial charge >= 0.3 is 0 Å². The van der Waals surface area contributed by atoms with Gasteiger partial charge in [0.15, 0.2) is 0 Å². The molecule has 0 aliphatic heterocycles. The fourth-order valence-corrected chi connectivity index (χ4v) is 6.11. The molecule has 3 aromatic carbocycles. The molecule has 0 heterocycles. The van der Waals surface area contributed by atoms with Crippen molar-refractivity contribution in [1.82, 2.24) is 0 Å². The molecule has 1 N–H and O–H groups in total. The third kappa shape index (κ3) is 3.19. The predicted molar refractivity (Wildman–Crippen MR) is 120 cm³/mol. The van der Waals surface area contributed by atoms with Crippen molar-refractivity contribution in [3.63, 3.8) is 0 Å². The highest BCUT2D eigenvalue weighted by Crippen LogP contribution is 2.74. The van der Waals surface area contributed by atoms with Gasteiger partial charge in [0.05, 0.1) is 0 Å². The van der Waals surface area contributed by atoms with Gasteiger partial charge in [-0.2, -0.15) is 0 Å². The Morgan fingerprint density at radius 1 is 0.667 bits per heavy atom. The first-order valence-electron chi connectivity index (χ1n) is 11.1. The molecule has 0 radical (unpaired) electrons. The van der Waals surface area contributed by atoms with Crippen LogP contribution in [0.2, 0.25) is 0 Å². The molecule has 2 bridgehead atoms. The first-order valence-corrected chi connectivity index (χ1v) is 11.1. The van der Waals surface area contributed by atoms with Gasteiger partial charge in [-0.05, 0) is 59.6 Å². The quantitative estimate of drug-likeness (QED) is 0.357. The van der Waals surface area contributed by atoms with Crippen LogP contribution >= 0.6 is 0 Å². The summed E-state index contributed by atoms with van der Waals surface area (Å²) in [6, 6.07) is 31.8. The molecule has 0 amide bonds. The van der Waals surface area contributed by atoms with E-state index >= 15 is 0 Å². The van der Waals surface area contributed by atoms with E-state index in [4.69, 9.17) is 4.74 Å². The van der Waals surface area contributed by atoms with Gasteiger partial charge in [0, 0.05) is 13.2 Å². The SMILES string of the molecule is OCC12CC(CCCOC(c3ccccc3)(c3ccccc3)c3ccccc3)(C1)C2. The van der Waals surface area contributed by atoms with Gasteiger partial charge in [0.2, 0.25) is 0 Å². The summed E-state index contributed by atoms with van der Waals surface area (Å²) in [7, 11) is 0. The first kappa shape index (κ1) is 19.5. The van der Waals surface area contributed by atoms with Crippen LogP contribution in [0.1, 0.15) is 48.8 Å². The van der Waals surface area contributed by atoms with Gasteiger partial charge < -0.3 is 9.84 Å². The van der Waals surface area contributed by atoms with Crippen LogP contribution in [0, 0.1) is 10.8 Å². The summed E-state index contributed by atoms with van der Waals surface area (Å²) in [6.45, 7) is 1.08. The Morgan fingerprint density at radius 2 is 1.10 bits per heavy atom. The maximum atomic E-state index is 9.53. The lowest BCUT2D eigenvalue weighted by Gasteiger charge is -2.71. The van der Waals surface area contributed by atoms with Crippen molar-refractivity contribution in [2.24, 2.45) is 10.8 Å². The lowest BCUT2D eigenvalue weighted by atomic mass is 9.34. The third-order valence-electron chi connectivity index (χ3n) is 7.30. The van der Waals surface area contributed by atoms with Crippen molar-refractivity contribution in [2.45, 2.75) is 37.7 Å². The first-order chi connectivity index (χ1) is 14.7. The molecule has 0 atom stereocenters. The Labute approximate surface area is 179 Å². The summed E-state index contributed by atoms with van der Waals surface area (Å²) in [4.78, 5) is 0. The average Bonchev–Trinajstić information content (AvgIpc) is 2.76. The molecule has 6 rings (SSSR count). The molecule has 30 heavy (non-hydrogen) atoms. The average molecular weight is 399 g/mol. The van der Waals surface area contributed by atoms with E-state index in [1.165, 1.54) is 25.7 Å². The molecule has 3 aliphatic carbocycles. The molecule has 0 unspecified atom stereocenters. The van der Waals surface area contributed by atoms with Crippen LogP contribution in [0.4, 0.5) is 0 Å². The zero-order chi connectivity index (χ0) is 20.5. The van der Waals surface area contributed by atoms with E-state index < -0.39 is 5.60 Å². The Morgan fingerprint density at radius 3 is 1.50 bits per heavy atom. The molecule has 2 nitrogen and oxygen atoms in total. The highest BCUT2D eigenvalue weighted by Gasteiger charge is 2.66. The number of rotatable bonds is 9. The van der Waals surface area contributed by atoms with Crippen molar-refractivity contribution >= 4 is 0 Å². The van der Waals surface area contributed by atoms with E-state index in [-0.39, 0.29) is 5.41 Å². The van der Waals surface area contributed by atoms with E-state index in [9.17, 15) is 5.11 Å². The molecule has 0 spiro atoms. The highest BCUT2D eigenvalue weighted by molar-refractivity contribution is 5.47. The smallest absolute Gasteiger partial charge is 0.143 e. The van der Waals surface area contributed by atoms with E-state index in [0.29, 0.717) is 18.6 Å². The molecule has 3 fully saturated rings. The van der Waals surface area contributed by atoms with Crippen LogP contribution in [0.15, 0.2) is 91.0 Å². The topological polar surface area (TPSA) is 29.5 Å². The van der Waals surface area contributed by atoms with Crippen LogP contribution in [0.3, 0.4) is 0 Å². The van der Waals surface area contributed by atoms with Crippen LogP contribution in [0.5, 0.6) is 0 Å². The zero-order valence-electron chi connectivity index (χ0n) is 17.5. The second kappa shape index (κ2) is 7.68. The Kier molecular flexibility index (Phi) is 5.00. The fourth-order valence-electron chi connectivity index (χ4n) is 6.11. The molecule has 154 valence electrons. The van der Waals surface area contributed by atoms with Crippen molar-refractivity contribution in [3.8, 4) is 0 Å². The van der Waals surface area contributed by atoms with E-state index in [0.717, 1.165) is 23.1 Å². The van der Waals surface area contributed by atoms with Gasteiger partial charge in [0.25, 0.3) is 0 Å². The monoisotopic (exact) mass is 398 g/mol. The number of aliphatic hydroxyl groups is 1. The van der Waals surface area contributed by atoms with Crippen LogP contribution in [0.25, 0.3) is 0 Å². The second-order valence-corrected chi connectivity index (χ2v) is 9.42. The van der Waals surface area contributed by atoms with Gasteiger partial charge in [-0.3, -0.25) is 0 Å². The lowest BCUT2D eigenvalue weighted by molar-refractivity contribution is -0.228. The number of ether oxygens (including phenoxy) is 1. The summed E-state index contributed by atoms with van der Waals surface area (Å²) in [5, 5.41) is 9.53. The number of benzene rings is 3. The maximum Gasteiger partial charge on any atom is 0.143 e. The normalized spacial score (nSPS) is 24.7. The summed E-state index contributed by atoms with van der Waals surface area (Å²) >= 11 is 0. The van der Waals surface area contributed by atoms with Crippen molar-refractivity contribution in [2.75, 3.05) is 13.2 Å². The predicted octanol–water partition coefficient (Wildman–Crippen LogP) is 5.94. The summed E-state index contributed by atoms with van der Waals surface area (Å²) in [6.07, 6.45) is 5.87. The number of hydrogen-bond acceptors (Lipinski definition) is 2. The van der Waals surface area contributed by atoms with Gasteiger partial charge in [0.1, 0.15) is 5.60 Å². The van der Waals surface area contributed by atoms with Crippen LogP contribution < -0.4 is 0 Å². The van der Waals surface area contributed by atoms with Gasteiger partial charge in [-0.15, -0.1) is 0 Å². The fraction of sp³-hybridized carbons (Fsp3) is 0.357. The number of aliphatic hydroxyl groups excluding tert-OH is 1. The second-order valence-electron chi connectivity index (χ2n) is 9.42. The maximum absolute atomic E-state index is 9.53. The standard InChI is InChI=1S/C28H30O2/c29-22-27-19-26(20-27,21-27)17-10-18-30-28(23-11-4-1-5-12-23,24-13-6-2-7-14-24)25-15-8-3-9-16-25/h1-9,11-16,29H,10,17-22H2. The van der Waals surface area contributed by atoms with Gasteiger partial charge in [-0.1, -0.05) is 91.0 Å². The summed E-state index contributed by atoms with van der Waals surface area (Å²) in [5.41, 5.74) is 3.63. The largest absolute Gasteiger partial charge is 0.396 e. The van der Waals surface area contributed by atoms with Crippen LogP contribution in [-0.4, -0.2) is 18.3 Å². The van der Waals surface area contributed by atoms with Crippen molar-refractivity contribution < 1.29 is 9.84 Å². The van der Waals surface area contributed by atoms with E-state index in [1.54, 1.807) is 0 Å². The molecule has 3 aromatic rings. The molecular formula is C28H30O2. The molecule has 3 saturated carbocycles. The summed E-state index contributed by atoms with van der Waals surface area (Å²) < 4.78 is 6.87. The van der Waals surface area contributed by atoms with Crippen molar-refractivity contribution in [3.05, 3.63) is 108 Å². The molecule has 0 saturated heterocycles. The zero-order valence-corrected chi connectivity index (χ0v) is 17.5. The highest BCUT2D eigenvalue weighted by atomic mass is 16.5. The van der Waals surface area contributed by atoms with Crippen LogP contribution in [-0.2, 0) is 10.3 Å². The Hall–Kier alpha value is -2.42. The third-order valence-corrected chi connectivity index (χ3v) is 7.30. The number of hydrogen-bond donors (Lipinski definition) is 1. The molecule has 3 aliphatic rings.